The molecule has 3 rings (SSSR count). The van der Waals surface area contributed by atoms with Crippen molar-refractivity contribution in [2.45, 2.75) is 96.3 Å². The summed E-state index contributed by atoms with van der Waals surface area (Å²) in [4.78, 5) is 0. The van der Waals surface area contributed by atoms with E-state index >= 15 is 0 Å². The van der Waals surface area contributed by atoms with Crippen LogP contribution in [0.5, 0.6) is 0 Å². The fraction of sp³-hybridized carbons (Fsp3) is 0.571. The molecule has 1 saturated carbocycles. The Kier molecular flexibility index (Phi) is 8.79. The number of rotatable bonds is 10. The number of hydrogen-bond acceptors (Lipinski definition) is 0. The second kappa shape index (κ2) is 11.3. The van der Waals surface area contributed by atoms with Crippen LogP contribution in [0.25, 0.3) is 11.1 Å². The van der Waals surface area contributed by atoms with E-state index in [2.05, 4.69) is 13.8 Å². The number of aryl methyl sites for hydroxylation is 1. The fourth-order valence-electron chi connectivity index (χ4n) is 5.04. The van der Waals surface area contributed by atoms with Gasteiger partial charge in [-0.05, 0) is 48.3 Å². The predicted molar refractivity (Wildman–Crippen MR) is 124 cm³/mol. The lowest BCUT2D eigenvalue weighted by Crippen LogP contribution is -2.35. The average Bonchev–Trinajstić information content (AvgIpc) is 2.77. The Hall–Kier alpha value is -1.84. The van der Waals surface area contributed by atoms with Crippen molar-refractivity contribution in [1.29, 1.82) is 0 Å². The zero-order valence-corrected chi connectivity index (χ0v) is 19.4. The Balaban J connectivity index is 1.74. The third kappa shape index (κ3) is 5.94. The first-order valence-corrected chi connectivity index (χ1v) is 12.3. The van der Waals surface area contributed by atoms with Gasteiger partial charge in [0.1, 0.15) is 0 Å². The van der Waals surface area contributed by atoms with Crippen LogP contribution in [0.2, 0.25) is 0 Å². The molecule has 4 heteroatoms. The second-order valence-corrected chi connectivity index (χ2v) is 9.44. The maximum Gasteiger partial charge on any atom is 0.255 e. The molecule has 2 atom stereocenters. The summed E-state index contributed by atoms with van der Waals surface area (Å²) in [5, 5.41) is 0. The van der Waals surface area contributed by atoms with Crippen LogP contribution in [-0.2, 0) is 6.42 Å². The predicted octanol–water partition coefficient (Wildman–Crippen LogP) is 9.46. The molecule has 2 aromatic rings. The molecular weight excluding hydrogens is 412 g/mol. The first kappa shape index (κ1) is 24.8. The van der Waals surface area contributed by atoms with Crippen LogP contribution in [-0.4, -0.2) is 5.92 Å². The molecule has 1 fully saturated rings. The van der Waals surface area contributed by atoms with Crippen molar-refractivity contribution < 1.29 is 17.6 Å². The van der Waals surface area contributed by atoms with E-state index in [1.807, 2.05) is 12.1 Å². The van der Waals surface area contributed by atoms with Crippen molar-refractivity contribution in [3.8, 4) is 11.1 Å². The minimum absolute atomic E-state index is 0.0316. The molecule has 0 aromatic heterocycles. The highest BCUT2D eigenvalue weighted by Gasteiger charge is 2.46. The lowest BCUT2D eigenvalue weighted by molar-refractivity contribution is -0.0747. The molecule has 0 nitrogen and oxygen atoms in total. The van der Waals surface area contributed by atoms with Gasteiger partial charge in [-0.1, -0.05) is 88.8 Å². The van der Waals surface area contributed by atoms with Crippen molar-refractivity contribution in [2.24, 2.45) is 5.92 Å². The lowest BCUT2D eigenvalue weighted by Gasteiger charge is -2.36. The number of benzene rings is 2. The number of alkyl halides is 2. The van der Waals surface area contributed by atoms with Gasteiger partial charge >= 0.3 is 0 Å². The van der Waals surface area contributed by atoms with Crippen molar-refractivity contribution in [3.63, 3.8) is 0 Å². The minimum Gasteiger partial charge on any atom is -0.206 e. The summed E-state index contributed by atoms with van der Waals surface area (Å²) in [5.74, 6) is -6.44. The van der Waals surface area contributed by atoms with Gasteiger partial charge in [-0.25, -0.2) is 17.6 Å². The molecule has 0 aliphatic heterocycles. The quantitative estimate of drug-likeness (QED) is 0.251. The Morgan fingerprint density at radius 1 is 0.812 bits per heavy atom. The Labute approximate surface area is 190 Å². The van der Waals surface area contributed by atoms with E-state index < -0.39 is 23.5 Å². The Morgan fingerprint density at radius 2 is 1.50 bits per heavy atom. The third-order valence-corrected chi connectivity index (χ3v) is 6.97. The molecule has 0 amide bonds. The van der Waals surface area contributed by atoms with Gasteiger partial charge in [0.05, 0.1) is 5.92 Å². The molecule has 0 spiro atoms. The van der Waals surface area contributed by atoms with E-state index in [1.165, 1.54) is 12.1 Å². The standard InChI is InChI=1S/C28H36F4/c1-3-5-7-9-20-11-14-22(15-12-20)23-16-17-24(27(30)26(23)29)25-18-13-21(10-8-6-4-2)19-28(25,31)32/h11-12,14-17,21,25H,3-10,13,18-19H2,1-2H3. The second-order valence-electron chi connectivity index (χ2n) is 9.44. The highest BCUT2D eigenvalue weighted by Crippen LogP contribution is 2.49. The molecule has 32 heavy (non-hydrogen) atoms. The van der Waals surface area contributed by atoms with Crippen LogP contribution in [0.4, 0.5) is 17.6 Å². The Morgan fingerprint density at radius 3 is 2.16 bits per heavy atom. The molecule has 0 saturated heterocycles. The van der Waals surface area contributed by atoms with Crippen LogP contribution in [0, 0.1) is 17.6 Å². The molecule has 2 unspecified atom stereocenters. The molecule has 176 valence electrons. The topological polar surface area (TPSA) is 0 Å². The van der Waals surface area contributed by atoms with E-state index in [0.29, 0.717) is 12.0 Å². The molecule has 2 aromatic carbocycles. The molecule has 0 bridgehead atoms. The Bertz CT molecular complexity index is 856. The van der Waals surface area contributed by atoms with Crippen molar-refractivity contribution in [3.05, 3.63) is 59.2 Å². The van der Waals surface area contributed by atoms with Gasteiger partial charge in [0.2, 0.25) is 0 Å². The smallest absolute Gasteiger partial charge is 0.206 e. The van der Waals surface area contributed by atoms with Crippen LogP contribution >= 0.6 is 0 Å². The molecule has 0 heterocycles. The highest BCUT2D eigenvalue weighted by molar-refractivity contribution is 5.65. The molecule has 0 radical (unpaired) electrons. The van der Waals surface area contributed by atoms with Gasteiger partial charge in [0.15, 0.2) is 11.6 Å². The summed E-state index contributed by atoms with van der Waals surface area (Å²) < 4.78 is 59.8. The number of halogens is 4. The van der Waals surface area contributed by atoms with Crippen LogP contribution in [0.1, 0.15) is 95.1 Å². The monoisotopic (exact) mass is 448 g/mol. The minimum atomic E-state index is -3.01. The lowest BCUT2D eigenvalue weighted by atomic mass is 9.74. The maximum absolute atomic E-state index is 15.0. The zero-order chi connectivity index (χ0) is 23.1. The van der Waals surface area contributed by atoms with Crippen LogP contribution < -0.4 is 0 Å². The molecule has 1 aliphatic carbocycles. The normalized spacial score (nSPS) is 20.4. The molecular formula is C28H36F4. The van der Waals surface area contributed by atoms with E-state index in [0.717, 1.165) is 56.9 Å². The summed E-state index contributed by atoms with van der Waals surface area (Å²) in [7, 11) is 0. The third-order valence-electron chi connectivity index (χ3n) is 6.97. The largest absolute Gasteiger partial charge is 0.255 e. The van der Waals surface area contributed by atoms with Gasteiger partial charge < -0.3 is 0 Å². The van der Waals surface area contributed by atoms with Crippen molar-refractivity contribution in [1.82, 2.24) is 0 Å². The number of hydrogen-bond donors (Lipinski definition) is 0. The van der Waals surface area contributed by atoms with Crippen LogP contribution in [0.3, 0.4) is 0 Å². The van der Waals surface area contributed by atoms with Gasteiger partial charge in [0.25, 0.3) is 5.92 Å². The van der Waals surface area contributed by atoms with Gasteiger partial charge in [0, 0.05) is 12.0 Å². The average molecular weight is 449 g/mol. The molecule has 1 aliphatic rings. The first-order chi connectivity index (χ1) is 15.4. The van der Waals surface area contributed by atoms with E-state index in [9.17, 15) is 17.6 Å². The van der Waals surface area contributed by atoms with Gasteiger partial charge in [-0.3, -0.25) is 0 Å². The van der Waals surface area contributed by atoms with E-state index in [4.69, 9.17) is 0 Å². The fourth-order valence-corrected chi connectivity index (χ4v) is 5.04. The van der Waals surface area contributed by atoms with Gasteiger partial charge in [-0.15, -0.1) is 0 Å². The maximum atomic E-state index is 15.0. The van der Waals surface area contributed by atoms with E-state index in [-0.39, 0.29) is 29.9 Å². The number of unbranched alkanes of at least 4 members (excludes halogenated alkanes) is 4. The first-order valence-electron chi connectivity index (χ1n) is 12.3. The van der Waals surface area contributed by atoms with Crippen LogP contribution in [0.15, 0.2) is 36.4 Å². The van der Waals surface area contributed by atoms with E-state index in [1.54, 1.807) is 12.1 Å². The summed E-state index contributed by atoms with van der Waals surface area (Å²) in [6.07, 6.45) is 8.83. The summed E-state index contributed by atoms with van der Waals surface area (Å²) in [5.41, 5.74) is 1.68. The highest BCUT2D eigenvalue weighted by atomic mass is 19.3. The zero-order valence-electron chi connectivity index (χ0n) is 19.4. The SMILES string of the molecule is CCCCCc1ccc(-c2ccc(C3CCC(CCCCC)CC3(F)F)c(F)c2F)cc1. The molecule has 0 N–H and O–H groups in total. The van der Waals surface area contributed by atoms with Crippen molar-refractivity contribution in [2.75, 3.05) is 0 Å². The van der Waals surface area contributed by atoms with Gasteiger partial charge in [-0.2, -0.15) is 0 Å². The summed E-state index contributed by atoms with van der Waals surface area (Å²) >= 11 is 0. The summed E-state index contributed by atoms with van der Waals surface area (Å²) in [6, 6.07) is 10.3. The van der Waals surface area contributed by atoms with Crippen molar-refractivity contribution >= 4 is 0 Å². The summed E-state index contributed by atoms with van der Waals surface area (Å²) in [6.45, 7) is 4.24.